The van der Waals surface area contributed by atoms with Gasteiger partial charge in [-0.2, -0.15) is 0 Å². The lowest BCUT2D eigenvalue weighted by atomic mass is 10.1. The largest absolute Gasteiger partial charge is 0.444 e. The van der Waals surface area contributed by atoms with Gasteiger partial charge in [-0.15, -0.1) is 0 Å². The lowest BCUT2D eigenvalue weighted by Crippen LogP contribution is -2.36. The monoisotopic (exact) mass is 376 g/mol. The van der Waals surface area contributed by atoms with Crippen molar-refractivity contribution in [1.29, 1.82) is 0 Å². The molecule has 0 radical (unpaired) electrons. The Morgan fingerprint density at radius 1 is 1.38 bits per heavy atom. The first-order valence-electron chi connectivity index (χ1n) is 8.60. The Kier molecular flexibility index (Phi) is 4.96. The van der Waals surface area contributed by atoms with Crippen LogP contribution in [0.3, 0.4) is 0 Å². The summed E-state index contributed by atoms with van der Waals surface area (Å²) < 4.78 is 7.15. The highest BCUT2D eigenvalue weighted by Gasteiger charge is 2.32. The lowest BCUT2D eigenvalue weighted by molar-refractivity contribution is 0.0289. The van der Waals surface area contributed by atoms with E-state index in [0.717, 1.165) is 10.9 Å². The fourth-order valence-electron chi connectivity index (χ4n) is 3.15. The van der Waals surface area contributed by atoms with Crippen LogP contribution in [-0.4, -0.2) is 50.5 Å². The summed E-state index contributed by atoms with van der Waals surface area (Å²) in [5, 5.41) is 1.48. The molecule has 26 heavy (non-hydrogen) atoms. The highest BCUT2D eigenvalue weighted by Crippen LogP contribution is 2.26. The minimum absolute atomic E-state index is 0.100. The molecule has 1 aliphatic rings. The first-order valence-corrected chi connectivity index (χ1v) is 9.83. The van der Waals surface area contributed by atoms with Gasteiger partial charge >= 0.3 is 6.09 Å². The molecule has 2 aromatic rings. The van der Waals surface area contributed by atoms with Gasteiger partial charge in [0.25, 0.3) is 5.56 Å². The van der Waals surface area contributed by atoms with E-state index in [-0.39, 0.29) is 17.7 Å². The zero-order valence-electron chi connectivity index (χ0n) is 15.8. The number of carbonyl (C=O) groups excluding carboxylic acids is 1. The van der Waals surface area contributed by atoms with Crippen LogP contribution in [-0.2, 0) is 4.74 Å². The summed E-state index contributed by atoms with van der Waals surface area (Å²) in [4.78, 5) is 35.6. The second kappa shape index (κ2) is 6.90. The maximum absolute atomic E-state index is 12.7. The predicted molar refractivity (Wildman–Crippen MR) is 102 cm³/mol. The Balaban J connectivity index is 1.96. The summed E-state index contributed by atoms with van der Waals surface area (Å²) in [6.45, 7) is 8.41. The molecule has 1 aliphatic heterocycles. The van der Waals surface area contributed by atoms with Crippen LogP contribution in [0.4, 0.5) is 4.79 Å². The van der Waals surface area contributed by atoms with E-state index >= 15 is 0 Å². The van der Waals surface area contributed by atoms with Crippen LogP contribution in [0.2, 0.25) is 0 Å². The first kappa shape index (κ1) is 18.7. The third-order valence-corrected chi connectivity index (χ3v) is 4.90. The molecule has 0 N–H and O–H groups in total. The quantitative estimate of drug-likeness (QED) is 0.592. The molecular formula is C18H24N4O3S. The van der Waals surface area contributed by atoms with E-state index in [9.17, 15) is 9.59 Å². The number of pyridine rings is 1. The van der Waals surface area contributed by atoms with Crippen LogP contribution >= 0.6 is 11.8 Å². The molecule has 0 saturated carbocycles. The zero-order chi connectivity index (χ0) is 19.1. The summed E-state index contributed by atoms with van der Waals surface area (Å²) in [5.74, 6) is 0. The minimum atomic E-state index is -0.539. The summed E-state index contributed by atoms with van der Waals surface area (Å²) in [6, 6.07) is 1.49. The first-order chi connectivity index (χ1) is 12.2. The molecule has 8 heteroatoms. The summed E-state index contributed by atoms with van der Waals surface area (Å²) in [5.41, 5.74) is 0.848. The average molecular weight is 376 g/mol. The van der Waals surface area contributed by atoms with Gasteiger partial charge in [0, 0.05) is 30.7 Å². The van der Waals surface area contributed by atoms with Crippen LogP contribution in [0.5, 0.6) is 0 Å². The third-order valence-electron chi connectivity index (χ3n) is 4.34. The smallest absolute Gasteiger partial charge is 0.410 e. The van der Waals surface area contributed by atoms with Crippen molar-refractivity contribution in [1.82, 2.24) is 19.4 Å². The van der Waals surface area contributed by atoms with Crippen molar-refractivity contribution in [3.8, 4) is 0 Å². The van der Waals surface area contributed by atoms with Crippen molar-refractivity contribution in [3.63, 3.8) is 0 Å². The van der Waals surface area contributed by atoms with Crippen molar-refractivity contribution >= 4 is 28.9 Å². The van der Waals surface area contributed by atoms with Gasteiger partial charge in [-0.1, -0.05) is 11.8 Å². The molecule has 3 heterocycles. The fraction of sp³-hybridized carbons (Fsp3) is 0.556. The SMILES string of the molecule is CSc1ncc2c(C)cc(=O)n([C@H]3CCN(C(=O)OC(C)(C)C)C3)c2n1. The highest BCUT2D eigenvalue weighted by atomic mass is 32.2. The molecule has 0 spiro atoms. The number of fused-ring (bicyclic) bond motifs is 1. The number of nitrogens with zero attached hydrogens (tertiary/aromatic N) is 4. The van der Waals surface area contributed by atoms with E-state index in [1.807, 2.05) is 34.0 Å². The number of ether oxygens (including phenoxy) is 1. The molecule has 1 amide bonds. The Morgan fingerprint density at radius 3 is 2.77 bits per heavy atom. The van der Waals surface area contributed by atoms with Gasteiger partial charge in [0.2, 0.25) is 0 Å². The molecule has 7 nitrogen and oxygen atoms in total. The van der Waals surface area contributed by atoms with E-state index in [4.69, 9.17) is 4.74 Å². The van der Waals surface area contributed by atoms with Crippen molar-refractivity contribution in [2.24, 2.45) is 0 Å². The van der Waals surface area contributed by atoms with Gasteiger partial charge in [0.05, 0.1) is 6.04 Å². The van der Waals surface area contributed by atoms with E-state index in [0.29, 0.717) is 30.3 Å². The molecule has 0 aromatic carbocycles. The Labute approximate surface area is 156 Å². The number of hydrogen-bond acceptors (Lipinski definition) is 6. The van der Waals surface area contributed by atoms with Crippen LogP contribution in [0.1, 0.15) is 38.8 Å². The van der Waals surface area contributed by atoms with Gasteiger partial charge in [0.1, 0.15) is 11.2 Å². The number of likely N-dealkylation sites (tertiary alicyclic amines) is 1. The maximum atomic E-state index is 12.7. The zero-order valence-corrected chi connectivity index (χ0v) is 16.6. The van der Waals surface area contributed by atoms with E-state index < -0.39 is 5.60 Å². The van der Waals surface area contributed by atoms with Gasteiger partial charge in [-0.05, 0) is 45.9 Å². The number of rotatable bonds is 2. The maximum Gasteiger partial charge on any atom is 0.410 e. The predicted octanol–water partition coefficient (Wildman–Crippen LogP) is 3.00. The number of carbonyl (C=O) groups is 1. The summed E-state index contributed by atoms with van der Waals surface area (Å²) in [7, 11) is 0. The van der Waals surface area contributed by atoms with E-state index in [1.165, 1.54) is 11.8 Å². The number of aromatic nitrogens is 3. The standard InChI is InChI=1S/C18H24N4O3S/c1-11-8-14(23)22(15-13(11)9-19-16(20-15)26-5)12-6-7-21(10-12)17(24)25-18(2,3)4/h8-9,12H,6-7,10H2,1-5H3/t12-/m0/s1. The van der Waals surface area contributed by atoms with E-state index in [2.05, 4.69) is 9.97 Å². The van der Waals surface area contributed by atoms with Crippen molar-refractivity contribution in [3.05, 3.63) is 28.2 Å². The van der Waals surface area contributed by atoms with Crippen LogP contribution in [0.25, 0.3) is 11.0 Å². The third kappa shape index (κ3) is 3.70. The Bertz CT molecular complexity index is 904. The molecule has 0 aliphatic carbocycles. The lowest BCUT2D eigenvalue weighted by Gasteiger charge is -2.24. The molecular weight excluding hydrogens is 352 g/mol. The van der Waals surface area contributed by atoms with Crippen molar-refractivity contribution in [2.45, 2.75) is 50.9 Å². The van der Waals surface area contributed by atoms with Gasteiger partial charge in [0.15, 0.2) is 5.16 Å². The summed E-state index contributed by atoms with van der Waals surface area (Å²) >= 11 is 1.44. The van der Waals surface area contributed by atoms with Gasteiger partial charge in [-0.3, -0.25) is 9.36 Å². The van der Waals surface area contributed by atoms with Crippen LogP contribution < -0.4 is 5.56 Å². The molecule has 0 unspecified atom stereocenters. The second-order valence-corrected chi connectivity index (χ2v) is 8.27. The Morgan fingerprint density at radius 2 is 2.12 bits per heavy atom. The number of amides is 1. The minimum Gasteiger partial charge on any atom is -0.444 e. The molecule has 1 fully saturated rings. The average Bonchev–Trinajstić information content (AvgIpc) is 3.02. The van der Waals surface area contributed by atoms with Crippen molar-refractivity contribution < 1.29 is 9.53 Å². The second-order valence-electron chi connectivity index (χ2n) is 7.50. The molecule has 1 saturated heterocycles. The van der Waals surface area contributed by atoms with Crippen molar-refractivity contribution in [2.75, 3.05) is 19.3 Å². The summed E-state index contributed by atoms with van der Waals surface area (Å²) in [6.07, 6.45) is 4.01. The molecule has 1 atom stereocenters. The number of hydrogen-bond donors (Lipinski definition) is 0. The fourth-order valence-corrected chi connectivity index (χ4v) is 3.49. The Hall–Kier alpha value is -2.09. The molecule has 2 aromatic heterocycles. The normalized spacial score (nSPS) is 17.7. The van der Waals surface area contributed by atoms with E-state index in [1.54, 1.807) is 21.7 Å². The van der Waals surface area contributed by atoms with Crippen LogP contribution in [0.15, 0.2) is 22.2 Å². The number of aryl methyl sites for hydroxylation is 1. The van der Waals surface area contributed by atoms with Gasteiger partial charge < -0.3 is 9.64 Å². The molecule has 0 bridgehead atoms. The van der Waals surface area contributed by atoms with Gasteiger partial charge in [-0.25, -0.2) is 14.8 Å². The number of thioether (sulfide) groups is 1. The topological polar surface area (TPSA) is 77.3 Å². The molecule has 3 rings (SSSR count). The van der Waals surface area contributed by atoms with Crippen LogP contribution in [0, 0.1) is 6.92 Å². The highest BCUT2D eigenvalue weighted by molar-refractivity contribution is 7.98. The molecule has 140 valence electrons.